The molecular weight excluding hydrogens is 387 g/mol. The van der Waals surface area contributed by atoms with Gasteiger partial charge in [0.15, 0.2) is 0 Å². The van der Waals surface area contributed by atoms with Crippen LogP contribution in [-0.4, -0.2) is 35.9 Å². The van der Waals surface area contributed by atoms with Gasteiger partial charge < -0.3 is 15.2 Å². The second kappa shape index (κ2) is 8.01. The molecule has 1 heterocycles. The molecule has 27 heavy (non-hydrogen) atoms. The number of rotatable bonds is 3. The van der Waals surface area contributed by atoms with Crippen molar-refractivity contribution < 1.29 is 45.4 Å². The van der Waals surface area contributed by atoms with Gasteiger partial charge in [-0.1, -0.05) is 6.07 Å². The van der Waals surface area contributed by atoms with Crippen molar-refractivity contribution in [3.8, 4) is 0 Å². The molecule has 1 aliphatic heterocycles. The van der Waals surface area contributed by atoms with E-state index in [1.165, 1.54) is 0 Å². The minimum absolute atomic E-state index is 0.0134. The number of carboxylic acid groups (broad SMARTS) is 1. The Labute approximate surface area is 149 Å². The molecule has 4 nitrogen and oxygen atoms in total. The fourth-order valence-corrected chi connectivity index (χ4v) is 3.02. The molecule has 1 aliphatic carbocycles. The lowest BCUT2D eigenvalue weighted by Crippen LogP contribution is -2.38. The van der Waals surface area contributed by atoms with E-state index in [1.807, 2.05) is 0 Å². The maximum atomic E-state index is 13.6. The molecule has 0 unspecified atom stereocenters. The van der Waals surface area contributed by atoms with Crippen LogP contribution in [0.4, 0.5) is 30.7 Å². The predicted octanol–water partition coefficient (Wildman–Crippen LogP) is 3.74. The number of nitrogens with one attached hydrogen (secondary N) is 1. The lowest BCUT2D eigenvalue weighted by molar-refractivity contribution is -0.192. The van der Waals surface area contributed by atoms with Crippen molar-refractivity contribution in [1.82, 2.24) is 5.32 Å². The van der Waals surface area contributed by atoms with E-state index >= 15 is 0 Å². The van der Waals surface area contributed by atoms with Crippen LogP contribution >= 0.6 is 0 Å². The molecule has 3 atom stereocenters. The molecule has 2 bridgehead atoms. The van der Waals surface area contributed by atoms with E-state index in [1.54, 1.807) is 0 Å². The van der Waals surface area contributed by atoms with Crippen LogP contribution in [0.2, 0.25) is 0 Å². The number of hydrogen-bond acceptors (Lipinski definition) is 3. The number of benzene rings is 1. The van der Waals surface area contributed by atoms with Gasteiger partial charge in [0.25, 0.3) is 0 Å². The molecule has 1 saturated carbocycles. The number of alkyl halides is 6. The van der Waals surface area contributed by atoms with Crippen molar-refractivity contribution in [3.05, 3.63) is 35.1 Å². The fraction of sp³-hybridized carbons (Fsp3) is 0.562. The van der Waals surface area contributed by atoms with Gasteiger partial charge in [0, 0.05) is 11.6 Å². The maximum absolute atomic E-state index is 13.6. The van der Waals surface area contributed by atoms with Crippen LogP contribution in [0.5, 0.6) is 0 Å². The zero-order chi connectivity index (χ0) is 20.4. The van der Waals surface area contributed by atoms with Gasteiger partial charge in [-0.3, -0.25) is 0 Å². The van der Waals surface area contributed by atoms with Crippen LogP contribution in [0.15, 0.2) is 18.2 Å². The maximum Gasteiger partial charge on any atom is 0.490 e. The Balaban J connectivity index is 0.000000321. The number of carboxylic acids is 1. The lowest BCUT2D eigenvalue weighted by atomic mass is 10.1. The van der Waals surface area contributed by atoms with Gasteiger partial charge in [0.1, 0.15) is 5.82 Å². The third-order valence-electron chi connectivity index (χ3n) is 4.35. The van der Waals surface area contributed by atoms with Gasteiger partial charge in [0.05, 0.1) is 18.3 Å². The summed E-state index contributed by atoms with van der Waals surface area (Å²) in [5.74, 6) is -3.01. The number of halogens is 7. The Kier molecular flexibility index (Phi) is 6.35. The van der Waals surface area contributed by atoms with Crippen LogP contribution in [-0.2, 0) is 22.3 Å². The number of carbonyl (C=O) groups is 1. The highest BCUT2D eigenvalue weighted by atomic mass is 19.4. The Morgan fingerprint density at radius 1 is 1.19 bits per heavy atom. The van der Waals surface area contributed by atoms with Crippen LogP contribution in [0.1, 0.15) is 24.0 Å². The summed E-state index contributed by atoms with van der Waals surface area (Å²) < 4.78 is 88.3. The number of aliphatic carboxylic acids is 1. The second-order valence-electron chi connectivity index (χ2n) is 6.31. The normalized spacial score (nSPS) is 24.5. The molecule has 0 amide bonds. The highest BCUT2D eigenvalue weighted by Gasteiger charge is 2.40. The van der Waals surface area contributed by atoms with Crippen molar-refractivity contribution in [2.45, 2.75) is 43.9 Å². The van der Waals surface area contributed by atoms with E-state index in [0.29, 0.717) is 18.0 Å². The topological polar surface area (TPSA) is 58.6 Å². The van der Waals surface area contributed by atoms with Gasteiger partial charge in [-0.05, 0) is 37.4 Å². The molecule has 11 heteroatoms. The first-order valence-corrected chi connectivity index (χ1v) is 7.88. The van der Waals surface area contributed by atoms with Crippen LogP contribution < -0.4 is 5.32 Å². The molecule has 2 N–H and O–H groups in total. The van der Waals surface area contributed by atoms with Gasteiger partial charge in [-0.15, -0.1) is 0 Å². The van der Waals surface area contributed by atoms with Gasteiger partial charge in [-0.25, -0.2) is 9.18 Å². The highest BCUT2D eigenvalue weighted by molar-refractivity contribution is 5.73. The van der Waals surface area contributed by atoms with Crippen LogP contribution in [0.3, 0.4) is 0 Å². The monoisotopic (exact) mass is 403 g/mol. The Hall–Kier alpha value is -1.88. The minimum Gasteiger partial charge on any atom is -0.475 e. The fourth-order valence-electron chi connectivity index (χ4n) is 3.02. The zero-order valence-electron chi connectivity index (χ0n) is 13.7. The summed E-state index contributed by atoms with van der Waals surface area (Å²) in [5, 5.41) is 10.4. The van der Waals surface area contributed by atoms with Crippen molar-refractivity contribution in [1.29, 1.82) is 0 Å². The molecule has 2 fully saturated rings. The third kappa shape index (κ3) is 5.80. The molecule has 0 aromatic heterocycles. The zero-order valence-corrected chi connectivity index (χ0v) is 13.7. The number of fused-ring (bicyclic) bond motifs is 2. The average molecular weight is 403 g/mol. The quantitative estimate of drug-likeness (QED) is 0.755. The summed E-state index contributed by atoms with van der Waals surface area (Å²) in [6.07, 6.45) is -7.55. The third-order valence-corrected chi connectivity index (χ3v) is 4.35. The smallest absolute Gasteiger partial charge is 0.475 e. The minimum atomic E-state index is -5.08. The van der Waals surface area contributed by atoms with Crippen molar-refractivity contribution in [2.75, 3.05) is 6.54 Å². The Morgan fingerprint density at radius 3 is 2.22 bits per heavy atom. The molecule has 1 aromatic carbocycles. The average Bonchev–Trinajstić information content (AvgIpc) is 3.15. The van der Waals surface area contributed by atoms with E-state index < -0.39 is 29.7 Å². The van der Waals surface area contributed by atoms with E-state index in [-0.39, 0.29) is 18.3 Å². The SMILES string of the molecule is Fc1cc(C(F)(F)F)ccc1CO[C@@H]1C[C@@H]2CN[C@H]1C2.O=C(O)C(F)(F)F. The summed E-state index contributed by atoms with van der Waals surface area (Å²) in [7, 11) is 0. The lowest BCUT2D eigenvalue weighted by Gasteiger charge is -2.23. The molecule has 1 saturated heterocycles. The van der Waals surface area contributed by atoms with Crippen LogP contribution in [0.25, 0.3) is 0 Å². The molecule has 152 valence electrons. The molecule has 0 radical (unpaired) electrons. The van der Waals surface area contributed by atoms with E-state index in [0.717, 1.165) is 31.5 Å². The summed E-state index contributed by atoms with van der Waals surface area (Å²) in [6, 6.07) is 2.87. The second-order valence-corrected chi connectivity index (χ2v) is 6.31. The molecule has 2 aliphatic rings. The largest absolute Gasteiger partial charge is 0.490 e. The molecule has 0 spiro atoms. The van der Waals surface area contributed by atoms with E-state index in [4.69, 9.17) is 14.6 Å². The summed E-state index contributed by atoms with van der Waals surface area (Å²) in [5.41, 5.74) is -0.805. The molecule has 1 aromatic rings. The van der Waals surface area contributed by atoms with Crippen molar-refractivity contribution in [2.24, 2.45) is 5.92 Å². The number of hydrogen-bond donors (Lipinski definition) is 2. The summed E-state index contributed by atoms with van der Waals surface area (Å²) >= 11 is 0. The first kappa shape index (κ1) is 21.4. The number of piperidine rings is 1. The van der Waals surface area contributed by atoms with Crippen molar-refractivity contribution in [3.63, 3.8) is 0 Å². The predicted molar refractivity (Wildman–Crippen MR) is 78.2 cm³/mol. The van der Waals surface area contributed by atoms with Crippen molar-refractivity contribution >= 4 is 5.97 Å². The van der Waals surface area contributed by atoms with E-state index in [9.17, 15) is 30.7 Å². The molecular formula is C16H16F7NO3. The Morgan fingerprint density at radius 2 is 1.81 bits per heavy atom. The highest BCUT2D eigenvalue weighted by Crippen LogP contribution is 2.34. The summed E-state index contributed by atoms with van der Waals surface area (Å²) in [6.45, 7) is 1.01. The first-order valence-electron chi connectivity index (χ1n) is 7.88. The summed E-state index contributed by atoms with van der Waals surface area (Å²) in [4.78, 5) is 8.90. The Bertz CT molecular complexity index is 675. The van der Waals surface area contributed by atoms with Crippen LogP contribution in [0, 0.1) is 11.7 Å². The van der Waals surface area contributed by atoms with Gasteiger partial charge in [0.2, 0.25) is 0 Å². The molecule has 3 rings (SSSR count). The number of ether oxygens (including phenoxy) is 1. The van der Waals surface area contributed by atoms with Gasteiger partial charge in [-0.2, -0.15) is 26.3 Å². The van der Waals surface area contributed by atoms with Gasteiger partial charge >= 0.3 is 18.3 Å². The van der Waals surface area contributed by atoms with E-state index in [2.05, 4.69) is 5.32 Å². The first-order chi connectivity index (χ1) is 12.4. The standard InChI is InChI=1S/C14H15F4NO.C2HF3O2/c15-11-5-10(14(16,17)18)2-1-9(11)7-20-13-4-8-3-12(13)19-6-8;3-2(4,5)1(6)7/h1-2,5,8,12-13,19H,3-4,6-7H2;(H,6,7)/t8-,12+,13-;/m1./s1.